The fourth-order valence-electron chi connectivity index (χ4n) is 1.54. The molecule has 0 spiro atoms. The lowest BCUT2D eigenvalue weighted by Gasteiger charge is -2.11. The molecule has 1 aromatic rings. The SMILES string of the molecule is CCCOCCOc1cc(S(=O)(=O)NCC)ccc1N. The summed E-state index contributed by atoms with van der Waals surface area (Å²) in [4.78, 5) is 0.137. The van der Waals surface area contributed by atoms with Gasteiger partial charge in [-0.05, 0) is 18.6 Å². The van der Waals surface area contributed by atoms with Gasteiger partial charge in [0, 0.05) is 19.2 Å². The number of rotatable bonds is 9. The molecule has 0 aliphatic rings. The summed E-state index contributed by atoms with van der Waals surface area (Å²) in [5, 5.41) is 0. The summed E-state index contributed by atoms with van der Waals surface area (Å²) >= 11 is 0. The molecule has 0 aromatic heterocycles. The lowest BCUT2D eigenvalue weighted by atomic mass is 10.3. The van der Waals surface area contributed by atoms with Crippen molar-refractivity contribution >= 4 is 15.7 Å². The van der Waals surface area contributed by atoms with Crippen molar-refractivity contribution in [2.24, 2.45) is 0 Å². The quantitative estimate of drug-likeness (QED) is 0.531. The molecule has 0 aliphatic carbocycles. The van der Waals surface area contributed by atoms with Crippen molar-refractivity contribution in [1.29, 1.82) is 0 Å². The van der Waals surface area contributed by atoms with E-state index < -0.39 is 10.0 Å². The van der Waals surface area contributed by atoms with Gasteiger partial charge in [0.15, 0.2) is 0 Å². The van der Waals surface area contributed by atoms with Gasteiger partial charge in [-0.25, -0.2) is 13.1 Å². The smallest absolute Gasteiger partial charge is 0.240 e. The zero-order valence-corrected chi connectivity index (χ0v) is 12.7. The molecule has 0 aliphatic heterocycles. The highest BCUT2D eigenvalue weighted by atomic mass is 32.2. The molecule has 114 valence electrons. The molecule has 0 unspecified atom stereocenters. The Bertz CT molecular complexity index is 517. The molecule has 1 aromatic carbocycles. The number of benzene rings is 1. The lowest BCUT2D eigenvalue weighted by molar-refractivity contribution is 0.101. The third-order valence-electron chi connectivity index (χ3n) is 2.46. The molecule has 0 fully saturated rings. The Morgan fingerprint density at radius 3 is 2.60 bits per heavy atom. The molecule has 0 radical (unpaired) electrons. The first-order valence-electron chi connectivity index (χ1n) is 6.61. The van der Waals surface area contributed by atoms with Crippen molar-refractivity contribution in [2.45, 2.75) is 25.2 Å². The van der Waals surface area contributed by atoms with Crippen LogP contribution in [0.25, 0.3) is 0 Å². The molecule has 0 saturated carbocycles. The Kier molecular flexibility index (Phi) is 6.77. The molecule has 0 heterocycles. The minimum Gasteiger partial charge on any atom is -0.489 e. The minimum absolute atomic E-state index is 0.137. The Morgan fingerprint density at radius 1 is 1.20 bits per heavy atom. The van der Waals surface area contributed by atoms with E-state index in [4.69, 9.17) is 15.2 Å². The highest BCUT2D eigenvalue weighted by Gasteiger charge is 2.14. The zero-order chi connectivity index (χ0) is 15.0. The Morgan fingerprint density at radius 2 is 1.95 bits per heavy atom. The summed E-state index contributed by atoms with van der Waals surface area (Å²) < 4.78 is 36.9. The molecular formula is C13H22N2O4S. The fraction of sp³-hybridized carbons (Fsp3) is 0.538. The second kappa shape index (κ2) is 8.08. The van der Waals surface area contributed by atoms with Gasteiger partial charge < -0.3 is 15.2 Å². The summed E-state index contributed by atoms with van der Waals surface area (Å²) in [5.74, 6) is 0.351. The van der Waals surface area contributed by atoms with Crippen molar-refractivity contribution in [3.63, 3.8) is 0 Å². The summed E-state index contributed by atoms with van der Waals surface area (Å²) in [6.07, 6.45) is 0.943. The van der Waals surface area contributed by atoms with Crippen molar-refractivity contribution in [1.82, 2.24) is 4.72 Å². The van der Waals surface area contributed by atoms with Gasteiger partial charge >= 0.3 is 0 Å². The van der Waals surface area contributed by atoms with Crippen LogP contribution in [-0.4, -0.2) is 34.8 Å². The topological polar surface area (TPSA) is 90.6 Å². The van der Waals surface area contributed by atoms with E-state index in [0.29, 0.717) is 37.8 Å². The van der Waals surface area contributed by atoms with E-state index in [1.54, 1.807) is 6.92 Å². The maximum atomic E-state index is 11.9. The maximum Gasteiger partial charge on any atom is 0.240 e. The molecule has 6 nitrogen and oxygen atoms in total. The first kappa shape index (κ1) is 16.7. The predicted octanol–water partition coefficient (Wildman–Crippen LogP) is 1.37. The van der Waals surface area contributed by atoms with Crippen LogP contribution < -0.4 is 15.2 Å². The average molecular weight is 302 g/mol. The van der Waals surface area contributed by atoms with E-state index in [2.05, 4.69) is 4.72 Å². The van der Waals surface area contributed by atoms with Crippen LogP contribution in [0, 0.1) is 0 Å². The highest BCUT2D eigenvalue weighted by Crippen LogP contribution is 2.25. The third kappa shape index (κ3) is 4.99. The van der Waals surface area contributed by atoms with E-state index in [9.17, 15) is 8.42 Å². The van der Waals surface area contributed by atoms with E-state index in [1.165, 1.54) is 18.2 Å². The fourth-order valence-corrected chi connectivity index (χ4v) is 2.59. The zero-order valence-electron chi connectivity index (χ0n) is 11.9. The van der Waals surface area contributed by atoms with Crippen LogP contribution in [0.2, 0.25) is 0 Å². The van der Waals surface area contributed by atoms with Gasteiger partial charge in [0.1, 0.15) is 12.4 Å². The first-order valence-corrected chi connectivity index (χ1v) is 8.09. The molecule has 0 atom stereocenters. The predicted molar refractivity (Wildman–Crippen MR) is 78.3 cm³/mol. The standard InChI is InChI=1S/C13H22N2O4S/c1-3-7-18-8-9-19-13-10-11(5-6-12(13)14)20(16,17)15-4-2/h5-6,10,15H,3-4,7-9,14H2,1-2H3. The van der Waals surface area contributed by atoms with Crippen LogP contribution in [0.5, 0.6) is 5.75 Å². The summed E-state index contributed by atoms with van der Waals surface area (Å²) in [6.45, 7) is 5.51. The van der Waals surface area contributed by atoms with Crippen LogP contribution in [-0.2, 0) is 14.8 Å². The summed E-state index contributed by atoms with van der Waals surface area (Å²) in [5.41, 5.74) is 6.17. The van der Waals surface area contributed by atoms with Crippen molar-refractivity contribution in [2.75, 3.05) is 32.1 Å². The number of sulfonamides is 1. The second-order valence-electron chi connectivity index (χ2n) is 4.16. The summed E-state index contributed by atoms with van der Waals surface area (Å²) in [6, 6.07) is 4.40. The van der Waals surface area contributed by atoms with Gasteiger partial charge in [-0.15, -0.1) is 0 Å². The van der Waals surface area contributed by atoms with Gasteiger partial charge in [-0.2, -0.15) is 0 Å². The van der Waals surface area contributed by atoms with E-state index >= 15 is 0 Å². The van der Waals surface area contributed by atoms with Gasteiger partial charge in [0.2, 0.25) is 10.0 Å². The second-order valence-corrected chi connectivity index (χ2v) is 5.93. The van der Waals surface area contributed by atoms with Gasteiger partial charge in [0.25, 0.3) is 0 Å². The largest absolute Gasteiger partial charge is 0.489 e. The molecule has 0 amide bonds. The molecule has 1 rings (SSSR count). The number of anilines is 1. The monoisotopic (exact) mass is 302 g/mol. The van der Waals surface area contributed by atoms with Gasteiger partial charge in [-0.3, -0.25) is 0 Å². The number of nitrogens with two attached hydrogens (primary N) is 1. The van der Waals surface area contributed by atoms with Crippen molar-refractivity contribution < 1.29 is 17.9 Å². The lowest BCUT2D eigenvalue weighted by Crippen LogP contribution is -2.23. The number of ether oxygens (including phenoxy) is 2. The van der Waals surface area contributed by atoms with Crippen LogP contribution >= 0.6 is 0 Å². The summed E-state index contributed by atoms with van der Waals surface area (Å²) in [7, 11) is -3.51. The van der Waals surface area contributed by atoms with Crippen LogP contribution in [0.4, 0.5) is 5.69 Å². The number of hydrogen-bond acceptors (Lipinski definition) is 5. The molecule has 20 heavy (non-hydrogen) atoms. The molecule has 0 bridgehead atoms. The Hall–Kier alpha value is -1.31. The van der Waals surface area contributed by atoms with Crippen molar-refractivity contribution in [3.8, 4) is 5.75 Å². The molecule has 7 heteroatoms. The van der Waals surface area contributed by atoms with E-state index in [1.807, 2.05) is 6.92 Å². The van der Waals surface area contributed by atoms with Crippen molar-refractivity contribution in [3.05, 3.63) is 18.2 Å². The van der Waals surface area contributed by atoms with E-state index in [-0.39, 0.29) is 4.90 Å². The maximum absolute atomic E-state index is 11.9. The highest BCUT2D eigenvalue weighted by molar-refractivity contribution is 7.89. The minimum atomic E-state index is -3.51. The van der Waals surface area contributed by atoms with Crippen LogP contribution in [0.15, 0.2) is 23.1 Å². The average Bonchev–Trinajstić information content (AvgIpc) is 2.40. The Balaban J connectivity index is 2.72. The molecule has 0 saturated heterocycles. The van der Waals surface area contributed by atoms with Crippen LogP contribution in [0.1, 0.15) is 20.3 Å². The van der Waals surface area contributed by atoms with Gasteiger partial charge in [0.05, 0.1) is 17.2 Å². The van der Waals surface area contributed by atoms with Gasteiger partial charge in [-0.1, -0.05) is 13.8 Å². The number of nitrogens with one attached hydrogen (secondary N) is 1. The Labute approximate surface area is 120 Å². The van der Waals surface area contributed by atoms with E-state index in [0.717, 1.165) is 6.42 Å². The third-order valence-corrected chi connectivity index (χ3v) is 4.01. The number of hydrogen-bond donors (Lipinski definition) is 2. The molecule has 3 N–H and O–H groups in total. The van der Waals surface area contributed by atoms with Crippen LogP contribution in [0.3, 0.4) is 0 Å². The number of nitrogen functional groups attached to an aromatic ring is 1. The normalized spacial score (nSPS) is 11.5. The molecular weight excluding hydrogens is 280 g/mol. The first-order chi connectivity index (χ1) is 9.51.